The van der Waals surface area contributed by atoms with E-state index in [1.807, 2.05) is 0 Å². The van der Waals surface area contributed by atoms with Crippen LogP contribution in [0.1, 0.15) is 0 Å². The molecule has 0 unspecified atom stereocenters. The SMILES string of the molecule is c1ccc(N(c2ccccc2)c2ccc(-c3cc4nc5c6nc7cc(-c8ccc(N(c9ccccc9)c9ccccc9)cc8)c(-c8ccc(N(c9ccccc9)c9ccccc9)cc8)cc7nc6c6nc7cc(-c8ccc(N(c9ccccc9)c9ccccc9)cc8)c(-c8ccc(N(c9ccccc9)c9ccccc9)cc8)cc7nc6c5nc4cc3-c3ccc(N(c4ccccc4)c4ccccc4)cc3)cc2)cc1. The molecule has 0 aliphatic carbocycles. The van der Waals surface area contributed by atoms with Crippen molar-refractivity contribution < 1.29 is 0 Å². The molecule has 0 amide bonds. The van der Waals surface area contributed by atoms with Crippen LogP contribution in [0.15, 0.2) is 546 Å². The first-order chi connectivity index (χ1) is 71.4. The number of hydrogen-bond donors (Lipinski definition) is 0. The van der Waals surface area contributed by atoms with E-state index >= 15 is 0 Å². The van der Waals surface area contributed by atoms with Gasteiger partial charge in [0.25, 0.3) is 0 Å². The Bertz CT molecular complexity index is 7280. The zero-order valence-corrected chi connectivity index (χ0v) is 78.3. The van der Waals surface area contributed by atoms with E-state index in [1.165, 1.54) is 0 Å². The molecule has 0 aliphatic rings. The molecule has 22 aromatic carbocycles. The average Bonchev–Trinajstić information content (AvgIpc) is 0.709. The summed E-state index contributed by atoms with van der Waals surface area (Å²) in [6.07, 6.45) is 0. The van der Waals surface area contributed by atoms with Crippen LogP contribution >= 0.6 is 0 Å². The van der Waals surface area contributed by atoms with Crippen LogP contribution in [0.4, 0.5) is 102 Å². The molecule has 3 heterocycles. The fourth-order valence-corrected chi connectivity index (χ4v) is 20.1. The molecule has 0 radical (unpaired) electrons. The first-order valence-electron chi connectivity index (χ1n) is 48.5. The molecule has 678 valence electrons. The largest absolute Gasteiger partial charge is 0.311 e. The van der Waals surface area contributed by atoms with Crippen LogP contribution in [-0.2, 0) is 0 Å². The van der Waals surface area contributed by atoms with Gasteiger partial charge in [-0.15, -0.1) is 0 Å². The third-order valence-corrected chi connectivity index (χ3v) is 26.9. The second-order valence-corrected chi connectivity index (χ2v) is 35.7. The maximum absolute atomic E-state index is 5.96. The van der Waals surface area contributed by atoms with E-state index in [0.717, 1.165) is 169 Å². The molecule has 3 aromatic heterocycles. The number of nitrogens with zero attached hydrogens (tertiary/aromatic N) is 12. The van der Waals surface area contributed by atoms with Gasteiger partial charge in [-0.25, -0.2) is 29.9 Å². The van der Waals surface area contributed by atoms with Gasteiger partial charge in [0.05, 0.1) is 33.1 Å². The van der Waals surface area contributed by atoms with Crippen molar-refractivity contribution in [3.63, 3.8) is 0 Å². The second kappa shape index (κ2) is 38.1. The molecule has 12 nitrogen and oxygen atoms in total. The van der Waals surface area contributed by atoms with Gasteiger partial charge >= 0.3 is 0 Å². The summed E-state index contributed by atoms with van der Waals surface area (Å²) in [6, 6.07) is 193. The lowest BCUT2D eigenvalue weighted by Gasteiger charge is -2.26. The first-order valence-corrected chi connectivity index (χ1v) is 48.5. The van der Waals surface area contributed by atoms with Crippen LogP contribution in [0.2, 0.25) is 0 Å². The van der Waals surface area contributed by atoms with Gasteiger partial charge in [0, 0.05) is 102 Å². The van der Waals surface area contributed by atoms with Gasteiger partial charge in [-0.3, -0.25) is 0 Å². The quantitative estimate of drug-likeness (QED) is 0.0426. The molecule has 0 aliphatic heterocycles. The fourth-order valence-electron chi connectivity index (χ4n) is 20.1. The number of fused-ring (bicyclic) bond motifs is 9. The molecule has 0 N–H and O–H groups in total. The van der Waals surface area contributed by atoms with Crippen molar-refractivity contribution in [3.8, 4) is 66.8 Å². The van der Waals surface area contributed by atoms with Crippen molar-refractivity contribution in [2.24, 2.45) is 0 Å². The number of hydrogen-bond acceptors (Lipinski definition) is 12. The molecular formula is C132H90N12. The highest BCUT2D eigenvalue weighted by Gasteiger charge is 2.28. The normalized spacial score (nSPS) is 11.3. The fraction of sp³-hybridized carbons (Fsp3) is 0. The van der Waals surface area contributed by atoms with E-state index in [0.29, 0.717) is 66.2 Å². The Morgan fingerprint density at radius 1 is 0.0972 bits per heavy atom. The van der Waals surface area contributed by atoms with E-state index in [1.54, 1.807) is 0 Å². The summed E-state index contributed by atoms with van der Waals surface area (Å²) >= 11 is 0. The lowest BCUT2D eigenvalue weighted by atomic mass is 9.92. The molecule has 0 fully saturated rings. The summed E-state index contributed by atoms with van der Waals surface area (Å²) in [6.45, 7) is 0. The van der Waals surface area contributed by atoms with Crippen molar-refractivity contribution >= 4 is 169 Å². The van der Waals surface area contributed by atoms with Gasteiger partial charge in [0.1, 0.15) is 33.1 Å². The molecule has 0 saturated heterocycles. The predicted octanol–water partition coefficient (Wildman–Crippen LogP) is 35.8. The lowest BCUT2D eigenvalue weighted by Crippen LogP contribution is -2.09. The molecule has 25 aromatic rings. The topological polar surface area (TPSA) is 96.8 Å². The Kier molecular flexibility index (Phi) is 22.8. The van der Waals surface area contributed by atoms with E-state index in [2.05, 4.69) is 575 Å². The third-order valence-electron chi connectivity index (χ3n) is 26.9. The molecule has 144 heavy (non-hydrogen) atoms. The van der Waals surface area contributed by atoms with Gasteiger partial charge in [0.15, 0.2) is 0 Å². The van der Waals surface area contributed by atoms with Crippen LogP contribution in [0.5, 0.6) is 0 Å². The molecule has 0 spiro atoms. The first kappa shape index (κ1) is 86.1. The molecular weight excluding hydrogens is 1750 g/mol. The minimum Gasteiger partial charge on any atom is -0.311 e. The van der Waals surface area contributed by atoms with E-state index in [-0.39, 0.29) is 0 Å². The summed E-state index contributed by atoms with van der Waals surface area (Å²) in [5.74, 6) is 0. The Labute approximate surface area is 834 Å². The number of anilines is 18. The summed E-state index contributed by atoms with van der Waals surface area (Å²) < 4.78 is 0. The van der Waals surface area contributed by atoms with Crippen molar-refractivity contribution in [2.45, 2.75) is 0 Å². The summed E-state index contributed by atoms with van der Waals surface area (Å²) in [4.78, 5) is 49.5. The molecule has 12 heteroatoms. The van der Waals surface area contributed by atoms with E-state index in [4.69, 9.17) is 29.9 Å². The van der Waals surface area contributed by atoms with Crippen LogP contribution < -0.4 is 29.4 Å². The smallest absolute Gasteiger partial charge is 0.120 e. The number of aromatic nitrogens is 6. The van der Waals surface area contributed by atoms with Crippen LogP contribution in [0, 0.1) is 0 Å². The summed E-state index contributed by atoms with van der Waals surface area (Å²) in [7, 11) is 0. The Morgan fingerprint density at radius 3 is 0.285 bits per heavy atom. The highest BCUT2D eigenvalue weighted by molar-refractivity contribution is 6.22. The monoisotopic (exact) mass is 1840 g/mol. The zero-order valence-electron chi connectivity index (χ0n) is 78.3. The maximum atomic E-state index is 5.96. The van der Waals surface area contributed by atoms with Gasteiger partial charge in [-0.2, -0.15) is 0 Å². The van der Waals surface area contributed by atoms with Crippen molar-refractivity contribution in [1.29, 1.82) is 0 Å². The van der Waals surface area contributed by atoms with Gasteiger partial charge < -0.3 is 29.4 Å². The van der Waals surface area contributed by atoms with Crippen LogP contribution in [0.3, 0.4) is 0 Å². The van der Waals surface area contributed by atoms with Crippen molar-refractivity contribution in [2.75, 3.05) is 29.4 Å². The molecule has 0 saturated carbocycles. The van der Waals surface area contributed by atoms with Gasteiger partial charge in [0.2, 0.25) is 0 Å². The van der Waals surface area contributed by atoms with Crippen molar-refractivity contribution in [3.05, 3.63) is 546 Å². The average molecular weight is 1840 g/mol. The highest BCUT2D eigenvalue weighted by Crippen LogP contribution is 2.49. The predicted molar refractivity (Wildman–Crippen MR) is 599 cm³/mol. The van der Waals surface area contributed by atoms with Crippen LogP contribution in [-0.4, -0.2) is 29.9 Å². The maximum Gasteiger partial charge on any atom is 0.120 e. The van der Waals surface area contributed by atoms with Gasteiger partial charge in [-0.1, -0.05) is 291 Å². The number of rotatable bonds is 24. The Hall–Kier alpha value is -19.6. The number of benzene rings is 22. The Balaban J connectivity index is 0.732. The molecule has 0 bridgehead atoms. The zero-order chi connectivity index (χ0) is 95.6. The minimum atomic E-state index is 0.526. The second-order valence-electron chi connectivity index (χ2n) is 35.7. The van der Waals surface area contributed by atoms with Crippen LogP contribution in [0.25, 0.3) is 133 Å². The van der Waals surface area contributed by atoms with E-state index < -0.39 is 0 Å². The summed E-state index contributed by atoms with van der Waals surface area (Å²) in [5, 5.41) is 0. The minimum absolute atomic E-state index is 0.526. The molecule has 0 atom stereocenters. The third kappa shape index (κ3) is 16.7. The van der Waals surface area contributed by atoms with Crippen molar-refractivity contribution in [1.82, 2.24) is 29.9 Å². The standard InChI is InChI=1S/C132H90N12/c1-13-37-97(38-14-1)139(98-39-15-2-16-40-98)109-73-61-91(62-74-109)115-85-121-122(86-116(115)92-63-75-110(76-64-92)140(99-41-17-3-18-42-99)100-43-19-4-20-44-100)134-128-127(133-121)129-131(137-124-88-118(94-67-79-112(80-68-94)142(103-49-25-7-26-50-103)104-51-27-8-28-52-104)117(87-123(124)135-129)93-65-77-111(78-66-93)141(101-45-21-5-22-46-101)102-47-23-6-24-48-102)132-130(128)136-125-89-119(95-69-81-113(82-70-95)143(105-53-29-9-30-54-105)106-55-31-10-32-56-106)120(90-126(125)138-132)96-71-83-114(84-72-96)144(107-57-33-11-34-58-107)108-59-35-12-36-60-108/h1-90H. The Morgan fingerprint density at radius 2 is 0.188 bits per heavy atom. The lowest BCUT2D eigenvalue weighted by molar-refractivity contribution is 1.28. The number of para-hydroxylation sites is 12. The summed E-state index contributed by atoms with van der Waals surface area (Å²) in [5.41, 5.74) is 37.3. The van der Waals surface area contributed by atoms with E-state index in [9.17, 15) is 0 Å². The molecule has 25 rings (SSSR count). The highest BCUT2D eigenvalue weighted by atomic mass is 15.2. The van der Waals surface area contributed by atoms with Gasteiger partial charge in [-0.05, 0) is 322 Å².